The lowest BCUT2D eigenvalue weighted by Crippen LogP contribution is -2.52. The van der Waals surface area contributed by atoms with E-state index in [0.29, 0.717) is 23.5 Å². The molecule has 0 radical (unpaired) electrons. The average molecular weight is 359 g/mol. The SMILES string of the molecule is COc1cc(OC2CC(N)C2)cc2c1CN(C1CCC(=O)NC1=O)C2=O. The van der Waals surface area contributed by atoms with Gasteiger partial charge in [0.25, 0.3) is 5.91 Å². The Morgan fingerprint density at radius 2 is 2.00 bits per heavy atom. The first-order chi connectivity index (χ1) is 12.5. The van der Waals surface area contributed by atoms with Gasteiger partial charge < -0.3 is 20.1 Å². The molecule has 26 heavy (non-hydrogen) atoms. The van der Waals surface area contributed by atoms with Gasteiger partial charge in [-0.05, 0) is 25.3 Å². The van der Waals surface area contributed by atoms with E-state index in [9.17, 15) is 14.4 Å². The maximum absolute atomic E-state index is 12.9. The van der Waals surface area contributed by atoms with Crippen LogP contribution in [0.25, 0.3) is 0 Å². The van der Waals surface area contributed by atoms with Crippen molar-refractivity contribution in [3.8, 4) is 11.5 Å². The largest absolute Gasteiger partial charge is 0.496 e. The van der Waals surface area contributed by atoms with Gasteiger partial charge in [0.2, 0.25) is 11.8 Å². The minimum Gasteiger partial charge on any atom is -0.496 e. The van der Waals surface area contributed by atoms with E-state index in [1.165, 1.54) is 12.0 Å². The lowest BCUT2D eigenvalue weighted by molar-refractivity contribution is -0.136. The molecule has 1 aromatic rings. The molecule has 138 valence electrons. The number of hydrogen-bond donors (Lipinski definition) is 2. The minimum absolute atomic E-state index is 0.0514. The quantitative estimate of drug-likeness (QED) is 0.749. The number of piperidine rings is 1. The van der Waals surface area contributed by atoms with Crippen molar-refractivity contribution >= 4 is 17.7 Å². The van der Waals surface area contributed by atoms with Gasteiger partial charge in [-0.15, -0.1) is 0 Å². The van der Waals surface area contributed by atoms with Crippen molar-refractivity contribution in [1.82, 2.24) is 10.2 Å². The van der Waals surface area contributed by atoms with Gasteiger partial charge in [-0.2, -0.15) is 0 Å². The molecule has 4 rings (SSSR count). The third-order valence-electron chi connectivity index (χ3n) is 5.24. The van der Waals surface area contributed by atoms with Gasteiger partial charge in [-0.25, -0.2) is 0 Å². The Morgan fingerprint density at radius 3 is 2.65 bits per heavy atom. The van der Waals surface area contributed by atoms with Crippen LogP contribution < -0.4 is 20.5 Å². The summed E-state index contributed by atoms with van der Waals surface area (Å²) in [4.78, 5) is 37.9. The first kappa shape index (κ1) is 16.8. The Kier molecular flexibility index (Phi) is 4.07. The Bertz CT molecular complexity index is 787. The van der Waals surface area contributed by atoms with Crippen LogP contribution in [0.4, 0.5) is 0 Å². The second kappa shape index (κ2) is 6.28. The molecule has 2 aliphatic heterocycles. The van der Waals surface area contributed by atoms with Gasteiger partial charge in [0.15, 0.2) is 0 Å². The minimum atomic E-state index is -0.647. The summed E-state index contributed by atoms with van der Waals surface area (Å²) in [6, 6.07) is 2.99. The number of fused-ring (bicyclic) bond motifs is 1. The summed E-state index contributed by atoms with van der Waals surface area (Å²) in [6.07, 6.45) is 2.18. The molecule has 3 N–H and O–H groups in total. The van der Waals surface area contributed by atoms with Gasteiger partial charge >= 0.3 is 0 Å². The molecule has 3 aliphatic rings. The number of nitrogens with two attached hydrogens (primary N) is 1. The molecule has 1 saturated heterocycles. The van der Waals surface area contributed by atoms with E-state index in [1.54, 1.807) is 12.1 Å². The van der Waals surface area contributed by atoms with Gasteiger partial charge in [0.05, 0.1) is 19.2 Å². The number of imide groups is 1. The van der Waals surface area contributed by atoms with E-state index in [4.69, 9.17) is 15.2 Å². The van der Waals surface area contributed by atoms with Crippen LogP contribution in [-0.2, 0) is 16.1 Å². The number of amides is 3. The van der Waals surface area contributed by atoms with Crippen LogP contribution in [0.5, 0.6) is 11.5 Å². The fourth-order valence-electron chi connectivity index (χ4n) is 3.75. The molecule has 0 aromatic heterocycles. The third-order valence-corrected chi connectivity index (χ3v) is 5.24. The van der Waals surface area contributed by atoms with Crippen molar-refractivity contribution < 1.29 is 23.9 Å². The maximum Gasteiger partial charge on any atom is 0.255 e. The highest BCUT2D eigenvalue weighted by Crippen LogP contribution is 2.38. The van der Waals surface area contributed by atoms with E-state index >= 15 is 0 Å². The molecule has 1 aromatic carbocycles. The van der Waals surface area contributed by atoms with Crippen LogP contribution in [0.2, 0.25) is 0 Å². The number of benzene rings is 1. The van der Waals surface area contributed by atoms with Crippen LogP contribution in [0.15, 0.2) is 12.1 Å². The predicted octanol–water partition coefficient (Wildman–Crippen LogP) is 0.325. The van der Waals surface area contributed by atoms with Crippen LogP contribution in [0.3, 0.4) is 0 Å². The number of nitrogens with one attached hydrogen (secondary N) is 1. The molecule has 1 aliphatic carbocycles. The Balaban J connectivity index is 1.58. The summed E-state index contributed by atoms with van der Waals surface area (Å²) in [6.45, 7) is 0.276. The van der Waals surface area contributed by atoms with E-state index in [1.807, 2.05) is 0 Å². The van der Waals surface area contributed by atoms with Crippen LogP contribution in [-0.4, -0.2) is 47.9 Å². The van der Waals surface area contributed by atoms with E-state index in [0.717, 1.165) is 18.4 Å². The molecule has 2 fully saturated rings. The second-order valence-corrected chi connectivity index (χ2v) is 7.02. The zero-order valence-electron chi connectivity index (χ0n) is 14.5. The summed E-state index contributed by atoms with van der Waals surface area (Å²) < 4.78 is 11.3. The number of methoxy groups -OCH3 is 1. The van der Waals surface area contributed by atoms with Crippen molar-refractivity contribution in [1.29, 1.82) is 0 Å². The Labute approximate surface area is 150 Å². The summed E-state index contributed by atoms with van der Waals surface area (Å²) in [5, 5.41) is 2.30. The molecular weight excluding hydrogens is 338 g/mol. The first-order valence-electron chi connectivity index (χ1n) is 8.74. The van der Waals surface area contributed by atoms with Crippen molar-refractivity contribution in [3.63, 3.8) is 0 Å². The molecule has 0 spiro atoms. The zero-order valence-corrected chi connectivity index (χ0v) is 14.5. The van der Waals surface area contributed by atoms with Gasteiger partial charge in [-0.3, -0.25) is 19.7 Å². The number of carbonyl (C=O) groups is 3. The van der Waals surface area contributed by atoms with Crippen LogP contribution >= 0.6 is 0 Å². The number of ether oxygens (including phenoxy) is 2. The number of carbonyl (C=O) groups excluding carboxylic acids is 3. The van der Waals surface area contributed by atoms with Crippen molar-refractivity contribution in [2.75, 3.05) is 7.11 Å². The number of hydrogen-bond acceptors (Lipinski definition) is 6. The molecule has 3 amide bonds. The van der Waals surface area contributed by atoms with E-state index < -0.39 is 11.9 Å². The fraction of sp³-hybridized carbons (Fsp3) is 0.500. The van der Waals surface area contributed by atoms with E-state index in [2.05, 4.69) is 5.32 Å². The van der Waals surface area contributed by atoms with Gasteiger partial charge in [-0.1, -0.05) is 0 Å². The smallest absolute Gasteiger partial charge is 0.255 e. The molecule has 1 atom stereocenters. The summed E-state index contributed by atoms with van der Waals surface area (Å²) in [5.41, 5.74) is 7.00. The number of rotatable bonds is 4. The Morgan fingerprint density at radius 1 is 1.23 bits per heavy atom. The van der Waals surface area contributed by atoms with Gasteiger partial charge in [0, 0.05) is 24.1 Å². The molecule has 8 nitrogen and oxygen atoms in total. The van der Waals surface area contributed by atoms with Crippen LogP contribution in [0.1, 0.15) is 41.6 Å². The standard InChI is InChI=1S/C18H21N3O5/c1-25-15-7-11(26-10-4-9(19)5-10)6-12-13(15)8-21(18(12)24)14-2-3-16(22)20-17(14)23/h6-7,9-10,14H,2-5,8,19H2,1H3,(H,20,22,23). The molecule has 1 unspecified atom stereocenters. The normalized spacial score (nSPS) is 27.7. The maximum atomic E-state index is 12.9. The molecule has 8 heteroatoms. The number of nitrogens with zero attached hydrogens (tertiary/aromatic N) is 1. The lowest BCUT2D eigenvalue weighted by atomic mass is 9.90. The van der Waals surface area contributed by atoms with E-state index in [-0.39, 0.29) is 36.9 Å². The monoisotopic (exact) mass is 359 g/mol. The molecule has 2 heterocycles. The third kappa shape index (κ3) is 2.80. The zero-order chi connectivity index (χ0) is 18.4. The first-order valence-corrected chi connectivity index (χ1v) is 8.74. The molecule has 1 saturated carbocycles. The summed E-state index contributed by atoms with van der Waals surface area (Å²) >= 11 is 0. The molecular formula is C18H21N3O5. The van der Waals surface area contributed by atoms with Crippen LogP contribution in [0, 0.1) is 0 Å². The fourth-order valence-corrected chi connectivity index (χ4v) is 3.75. The predicted molar refractivity (Wildman–Crippen MR) is 90.7 cm³/mol. The topological polar surface area (TPSA) is 111 Å². The highest BCUT2D eigenvalue weighted by molar-refractivity contribution is 6.05. The highest BCUT2D eigenvalue weighted by atomic mass is 16.5. The summed E-state index contributed by atoms with van der Waals surface area (Å²) in [7, 11) is 1.54. The molecule has 0 bridgehead atoms. The van der Waals surface area contributed by atoms with Crippen molar-refractivity contribution in [3.05, 3.63) is 23.3 Å². The summed E-state index contributed by atoms with van der Waals surface area (Å²) in [5.74, 6) is 0.146. The van der Waals surface area contributed by atoms with Gasteiger partial charge in [0.1, 0.15) is 23.6 Å². The van der Waals surface area contributed by atoms with Crippen molar-refractivity contribution in [2.45, 2.75) is 50.4 Å². The highest BCUT2D eigenvalue weighted by Gasteiger charge is 2.40. The average Bonchev–Trinajstić information content (AvgIpc) is 2.90. The second-order valence-electron chi connectivity index (χ2n) is 7.02. The lowest BCUT2D eigenvalue weighted by Gasteiger charge is -2.32. The Hall–Kier alpha value is -2.61. The van der Waals surface area contributed by atoms with Crippen molar-refractivity contribution in [2.24, 2.45) is 5.73 Å².